The number of rotatable bonds is 4. The number of carbonyl (C=O) groups excluding carboxylic acids is 1. The monoisotopic (exact) mass is 362 g/mol. The Morgan fingerprint density at radius 1 is 1.08 bits per heavy atom. The highest BCUT2D eigenvalue weighted by atomic mass is 16.3. The van der Waals surface area contributed by atoms with Crippen LogP contribution in [0.4, 0.5) is 0 Å². The molecule has 0 aliphatic carbocycles. The van der Waals surface area contributed by atoms with E-state index in [2.05, 4.69) is 20.4 Å². The molecule has 144 valence electrons. The lowest BCUT2D eigenvalue weighted by Gasteiger charge is -2.43. The molecule has 0 unspecified atom stereocenters. The summed E-state index contributed by atoms with van der Waals surface area (Å²) in [7, 11) is 0. The number of piperidine rings is 1. The Labute approximate surface area is 154 Å². The van der Waals surface area contributed by atoms with Crippen LogP contribution in [0.1, 0.15) is 56.7 Å². The number of aryl methyl sites for hydroxylation is 1. The van der Waals surface area contributed by atoms with Gasteiger partial charge in [0.15, 0.2) is 5.82 Å². The van der Waals surface area contributed by atoms with E-state index in [1.807, 2.05) is 4.90 Å². The first kappa shape index (κ1) is 17.9. The molecule has 0 aromatic carbocycles. The fourth-order valence-electron chi connectivity index (χ4n) is 4.80. The second kappa shape index (κ2) is 7.60. The van der Waals surface area contributed by atoms with Crippen LogP contribution in [0.25, 0.3) is 0 Å². The molecule has 2 saturated heterocycles. The minimum absolute atomic E-state index is 0.0495. The molecule has 1 atom stereocenters. The van der Waals surface area contributed by atoms with Crippen molar-refractivity contribution in [3.63, 3.8) is 0 Å². The van der Waals surface area contributed by atoms with Crippen LogP contribution in [0.15, 0.2) is 0 Å². The lowest BCUT2D eigenvalue weighted by atomic mass is 9.78. The molecule has 1 aromatic heterocycles. The fourth-order valence-corrected chi connectivity index (χ4v) is 4.80. The standard InChI is InChI=1S/C18H30N6O2/c25-14-18(13-22-8-3-4-9-22)6-11-23(12-7-18)17(26)15-5-1-2-10-24-16(15)19-20-21-24/h15,25H,1-14H2/t15-/m1/s1. The van der Waals surface area contributed by atoms with Crippen molar-refractivity contribution in [2.24, 2.45) is 5.41 Å². The smallest absolute Gasteiger partial charge is 0.233 e. The largest absolute Gasteiger partial charge is 0.396 e. The van der Waals surface area contributed by atoms with Crippen LogP contribution in [-0.4, -0.2) is 80.4 Å². The number of hydrogen-bond donors (Lipinski definition) is 1. The van der Waals surface area contributed by atoms with Gasteiger partial charge in [-0.15, -0.1) is 5.10 Å². The Kier molecular flexibility index (Phi) is 5.22. The summed E-state index contributed by atoms with van der Waals surface area (Å²) in [4.78, 5) is 17.6. The van der Waals surface area contributed by atoms with E-state index in [4.69, 9.17) is 0 Å². The van der Waals surface area contributed by atoms with E-state index in [-0.39, 0.29) is 23.8 Å². The summed E-state index contributed by atoms with van der Waals surface area (Å²) in [6.45, 7) is 5.73. The van der Waals surface area contributed by atoms with E-state index < -0.39 is 0 Å². The normalized spacial score (nSPS) is 26.5. The Morgan fingerprint density at radius 2 is 1.81 bits per heavy atom. The van der Waals surface area contributed by atoms with Gasteiger partial charge in [-0.05, 0) is 62.0 Å². The van der Waals surface area contributed by atoms with Gasteiger partial charge in [-0.3, -0.25) is 4.79 Å². The number of fused-ring (bicyclic) bond motifs is 1. The number of aliphatic hydroxyl groups excluding tert-OH is 1. The molecule has 0 radical (unpaired) electrons. The molecular weight excluding hydrogens is 332 g/mol. The minimum atomic E-state index is -0.215. The van der Waals surface area contributed by atoms with Crippen LogP contribution in [0.2, 0.25) is 0 Å². The molecule has 0 bridgehead atoms. The zero-order valence-corrected chi connectivity index (χ0v) is 15.5. The van der Waals surface area contributed by atoms with Crippen molar-refractivity contribution in [2.45, 2.75) is 57.4 Å². The Hall–Kier alpha value is -1.54. The summed E-state index contributed by atoms with van der Waals surface area (Å²) in [6.07, 6.45) is 7.16. The maximum Gasteiger partial charge on any atom is 0.233 e. The molecule has 0 saturated carbocycles. The lowest BCUT2D eigenvalue weighted by Crippen LogP contribution is -2.50. The molecule has 1 aromatic rings. The third kappa shape index (κ3) is 3.49. The molecule has 0 spiro atoms. The molecule has 1 amide bonds. The van der Waals surface area contributed by atoms with E-state index in [1.54, 1.807) is 4.68 Å². The first-order valence-corrected chi connectivity index (χ1v) is 10.1. The quantitative estimate of drug-likeness (QED) is 0.846. The second-order valence-corrected chi connectivity index (χ2v) is 8.28. The summed E-state index contributed by atoms with van der Waals surface area (Å²) in [5.41, 5.74) is -0.0495. The highest BCUT2D eigenvalue weighted by Gasteiger charge is 2.40. The Bertz CT molecular complexity index is 619. The molecule has 4 heterocycles. The van der Waals surface area contributed by atoms with E-state index in [0.29, 0.717) is 0 Å². The van der Waals surface area contributed by atoms with Gasteiger partial charge in [0.2, 0.25) is 5.91 Å². The summed E-state index contributed by atoms with van der Waals surface area (Å²) >= 11 is 0. The predicted molar refractivity (Wildman–Crippen MR) is 95.4 cm³/mol. The molecule has 8 heteroatoms. The summed E-state index contributed by atoms with van der Waals surface area (Å²) < 4.78 is 1.80. The first-order valence-electron chi connectivity index (χ1n) is 10.1. The van der Waals surface area contributed by atoms with Crippen molar-refractivity contribution in [1.29, 1.82) is 0 Å². The molecule has 3 aliphatic rings. The van der Waals surface area contributed by atoms with Crippen molar-refractivity contribution in [1.82, 2.24) is 30.0 Å². The predicted octanol–water partition coefficient (Wildman–Crippen LogP) is 0.638. The van der Waals surface area contributed by atoms with Crippen molar-refractivity contribution >= 4 is 5.91 Å². The SMILES string of the molecule is O=C([C@@H]1CCCCn2nnnc21)N1CCC(CO)(CN2CCCC2)CC1. The first-order chi connectivity index (χ1) is 12.7. The van der Waals surface area contributed by atoms with Crippen molar-refractivity contribution in [3.05, 3.63) is 5.82 Å². The molecule has 8 nitrogen and oxygen atoms in total. The Balaban J connectivity index is 1.40. The highest BCUT2D eigenvalue weighted by Crippen LogP contribution is 2.35. The maximum atomic E-state index is 13.2. The summed E-state index contributed by atoms with van der Waals surface area (Å²) in [5, 5.41) is 22.0. The zero-order chi connectivity index (χ0) is 18.0. The highest BCUT2D eigenvalue weighted by molar-refractivity contribution is 5.83. The van der Waals surface area contributed by atoms with Crippen LogP contribution >= 0.6 is 0 Å². The van der Waals surface area contributed by atoms with Gasteiger partial charge in [0.25, 0.3) is 0 Å². The number of likely N-dealkylation sites (tertiary alicyclic amines) is 2. The van der Waals surface area contributed by atoms with Gasteiger partial charge in [-0.25, -0.2) is 4.68 Å². The molecular formula is C18H30N6O2. The molecule has 3 aliphatic heterocycles. The maximum absolute atomic E-state index is 13.2. The van der Waals surface area contributed by atoms with E-state index in [9.17, 15) is 9.90 Å². The van der Waals surface area contributed by atoms with Gasteiger partial charge in [0.1, 0.15) is 0 Å². The summed E-state index contributed by atoms with van der Waals surface area (Å²) in [5.74, 6) is 0.673. The second-order valence-electron chi connectivity index (χ2n) is 8.28. The van der Waals surface area contributed by atoms with E-state index in [0.717, 1.165) is 77.2 Å². The van der Waals surface area contributed by atoms with Gasteiger partial charge >= 0.3 is 0 Å². The number of tetrazole rings is 1. The van der Waals surface area contributed by atoms with E-state index in [1.165, 1.54) is 12.8 Å². The molecule has 26 heavy (non-hydrogen) atoms. The van der Waals surface area contributed by atoms with Crippen LogP contribution < -0.4 is 0 Å². The van der Waals surface area contributed by atoms with Crippen molar-refractivity contribution in [3.8, 4) is 0 Å². The van der Waals surface area contributed by atoms with Crippen LogP contribution in [0.3, 0.4) is 0 Å². The number of aromatic nitrogens is 4. The van der Waals surface area contributed by atoms with Gasteiger partial charge in [-0.1, -0.05) is 6.42 Å². The molecule has 2 fully saturated rings. The van der Waals surface area contributed by atoms with Gasteiger partial charge in [-0.2, -0.15) is 0 Å². The van der Waals surface area contributed by atoms with Gasteiger partial charge in [0, 0.05) is 31.6 Å². The number of carbonyl (C=O) groups is 1. The average Bonchev–Trinajstić information content (AvgIpc) is 3.30. The average molecular weight is 362 g/mol. The molecule has 1 N–H and O–H groups in total. The summed E-state index contributed by atoms with van der Waals surface area (Å²) in [6, 6.07) is 0. The lowest BCUT2D eigenvalue weighted by molar-refractivity contribution is -0.136. The number of hydrogen-bond acceptors (Lipinski definition) is 6. The minimum Gasteiger partial charge on any atom is -0.396 e. The fraction of sp³-hybridized carbons (Fsp3) is 0.889. The number of aliphatic hydroxyl groups is 1. The molecule has 4 rings (SSSR count). The third-order valence-electron chi connectivity index (χ3n) is 6.51. The van der Waals surface area contributed by atoms with Crippen LogP contribution in [0.5, 0.6) is 0 Å². The number of amides is 1. The van der Waals surface area contributed by atoms with Crippen LogP contribution in [-0.2, 0) is 11.3 Å². The number of nitrogens with zero attached hydrogens (tertiary/aromatic N) is 6. The van der Waals surface area contributed by atoms with Gasteiger partial charge in [0.05, 0.1) is 12.5 Å². The van der Waals surface area contributed by atoms with Gasteiger partial charge < -0.3 is 14.9 Å². The topological polar surface area (TPSA) is 87.4 Å². The zero-order valence-electron chi connectivity index (χ0n) is 15.5. The van der Waals surface area contributed by atoms with Crippen molar-refractivity contribution in [2.75, 3.05) is 39.3 Å². The Morgan fingerprint density at radius 3 is 2.54 bits per heavy atom. The third-order valence-corrected chi connectivity index (χ3v) is 6.51. The van der Waals surface area contributed by atoms with E-state index >= 15 is 0 Å². The van der Waals surface area contributed by atoms with Crippen molar-refractivity contribution < 1.29 is 9.90 Å². The van der Waals surface area contributed by atoms with Crippen LogP contribution in [0, 0.1) is 5.41 Å².